The first kappa shape index (κ1) is 11.7. The van der Waals surface area contributed by atoms with Gasteiger partial charge < -0.3 is 0 Å². The van der Waals surface area contributed by atoms with E-state index in [1.807, 2.05) is 17.8 Å². The maximum absolute atomic E-state index is 11.8. The predicted molar refractivity (Wildman–Crippen MR) is 68.7 cm³/mol. The number of benzene rings is 1. The van der Waals surface area contributed by atoms with Crippen molar-refractivity contribution in [2.45, 2.75) is 42.8 Å². The maximum Gasteiger partial charge on any atom is 0.137 e. The fraction of sp³-hybridized carbons (Fsp3) is 0.500. The molecule has 1 aliphatic carbocycles. The third kappa shape index (κ3) is 2.88. The Morgan fingerprint density at radius 3 is 2.69 bits per heavy atom. The lowest BCUT2D eigenvalue weighted by molar-refractivity contribution is -0.124. The van der Waals surface area contributed by atoms with Crippen molar-refractivity contribution in [3.05, 3.63) is 30.3 Å². The molecule has 1 fully saturated rings. The Morgan fingerprint density at radius 1 is 1.25 bits per heavy atom. The van der Waals surface area contributed by atoms with Crippen LogP contribution in [0.2, 0.25) is 0 Å². The number of ketones is 1. The molecule has 2 unspecified atom stereocenters. The second-order valence-corrected chi connectivity index (χ2v) is 5.91. The van der Waals surface area contributed by atoms with Crippen LogP contribution in [0.4, 0.5) is 0 Å². The number of carbonyl (C=O) groups excluding carboxylic acids is 1. The highest BCUT2D eigenvalue weighted by Gasteiger charge is 2.27. The molecule has 2 atom stereocenters. The molecule has 1 aromatic carbocycles. The van der Waals surface area contributed by atoms with Crippen molar-refractivity contribution in [1.29, 1.82) is 0 Å². The molecule has 1 saturated carbocycles. The summed E-state index contributed by atoms with van der Waals surface area (Å²) in [5, 5.41) is 0.412. The van der Waals surface area contributed by atoms with E-state index >= 15 is 0 Å². The van der Waals surface area contributed by atoms with Crippen molar-refractivity contribution in [2.24, 2.45) is 5.92 Å². The Hall–Kier alpha value is -0.760. The van der Waals surface area contributed by atoms with Crippen molar-refractivity contribution in [3.8, 4) is 0 Å². The van der Waals surface area contributed by atoms with Gasteiger partial charge in [-0.05, 0) is 25.0 Å². The Morgan fingerprint density at radius 2 is 2.00 bits per heavy atom. The molecule has 0 bridgehead atoms. The van der Waals surface area contributed by atoms with Gasteiger partial charge in [0.2, 0.25) is 0 Å². The number of rotatable bonds is 3. The van der Waals surface area contributed by atoms with Crippen LogP contribution in [0.1, 0.15) is 32.6 Å². The van der Waals surface area contributed by atoms with Crippen molar-refractivity contribution >= 4 is 17.5 Å². The molecule has 16 heavy (non-hydrogen) atoms. The highest BCUT2D eigenvalue weighted by atomic mass is 32.2. The van der Waals surface area contributed by atoms with Crippen LogP contribution in [0.15, 0.2) is 35.2 Å². The molecular formula is C14H18OS. The Balaban J connectivity index is 1.97. The van der Waals surface area contributed by atoms with E-state index in [4.69, 9.17) is 0 Å². The maximum atomic E-state index is 11.8. The van der Waals surface area contributed by atoms with Crippen molar-refractivity contribution < 1.29 is 4.79 Å². The first-order valence-electron chi connectivity index (χ1n) is 6.02. The standard InChI is InChI=1S/C14H18OS/c1-11(13-9-5-6-10-14(13)15)16-12-7-3-2-4-8-12/h2-4,7-8,11,13H,5-6,9-10H2,1H3. The van der Waals surface area contributed by atoms with E-state index in [1.165, 1.54) is 11.3 Å². The monoisotopic (exact) mass is 234 g/mol. The molecule has 0 aromatic heterocycles. The molecule has 0 heterocycles. The summed E-state index contributed by atoms with van der Waals surface area (Å²) in [6.07, 6.45) is 4.19. The summed E-state index contributed by atoms with van der Waals surface area (Å²) >= 11 is 1.83. The van der Waals surface area contributed by atoms with Gasteiger partial charge in [-0.1, -0.05) is 31.5 Å². The average Bonchev–Trinajstić information content (AvgIpc) is 2.31. The molecular weight excluding hydrogens is 216 g/mol. The summed E-state index contributed by atoms with van der Waals surface area (Å²) in [4.78, 5) is 13.1. The van der Waals surface area contributed by atoms with Gasteiger partial charge in [0.1, 0.15) is 5.78 Å². The van der Waals surface area contributed by atoms with Gasteiger partial charge in [0.15, 0.2) is 0 Å². The lowest BCUT2D eigenvalue weighted by Gasteiger charge is -2.25. The normalized spacial score (nSPS) is 23.1. The first-order valence-corrected chi connectivity index (χ1v) is 6.90. The van der Waals surface area contributed by atoms with Crippen molar-refractivity contribution in [1.82, 2.24) is 0 Å². The average molecular weight is 234 g/mol. The number of thioether (sulfide) groups is 1. The summed E-state index contributed by atoms with van der Waals surface area (Å²) in [6, 6.07) is 10.4. The van der Waals surface area contributed by atoms with Gasteiger partial charge in [-0.3, -0.25) is 4.79 Å². The van der Waals surface area contributed by atoms with Crippen LogP contribution in [0.5, 0.6) is 0 Å². The van der Waals surface area contributed by atoms with Crippen LogP contribution in [-0.4, -0.2) is 11.0 Å². The van der Waals surface area contributed by atoms with Crippen molar-refractivity contribution in [2.75, 3.05) is 0 Å². The molecule has 2 heteroatoms. The zero-order chi connectivity index (χ0) is 11.4. The second kappa shape index (κ2) is 5.53. The number of carbonyl (C=O) groups is 1. The molecule has 1 aromatic rings. The molecule has 1 nitrogen and oxygen atoms in total. The number of hydrogen-bond acceptors (Lipinski definition) is 2. The molecule has 0 radical (unpaired) electrons. The minimum absolute atomic E-state index is 0.277. The third-order valence-corrected chi connectivity index (χ3v) is 4.48. The Labute approximate surface area is 102 Å². The second-order valence-electron chi connectivity index (χ2n) is 4.45. The van der Waals surface area contributed by atoms with Gasteiger partial charge in [-0.25, -0.2) is 0 Å². The molecule has 0 aliphatic heterocycles. The van der Waals surface area contributed by atoms with E-state index in [0.29, 0.717) is 11.0 Å². The molecule has 86 valence electrons. The molecule has 2 rings (SSSR count). The summed E-state index contributed by atoms with van der Waals surface area (Å²) in [7, 11) is 0. The van der Waals surface area contributed by atoms with E-state index in [0.717, 1.165) is 19.3 Å². The Kier molecular flexibility index (Phi) is 4.05. The quantitative estimate of drug-likeness (QED) is 0.737. The van der Waals surface area contributed by atoms with E-state index in [2.05, 4.69) is 31.2 Å². The lowest BCUT2D eigenvalue weighted by atomic mass is 9.86. The largest absolute Gasteiger partial charge is 0.299 e. The van der Waals surface area contributed by atoms with Crippen LogP contribution in [-0.2, 0) is 4.79 Å². The highest BCUT2D eigenvalue weighted by Crippen LogP contribution is 2.33. The fourth-order valence-corrected chi connectivity index (χ4v) is 3.50. The minimum atomic E-state index is 0.277. The lowest BCUT2D eigenvalue weighted by Crippen LogP contribution is -2.26. The van der Waals surface area contributed by atoms with E-state index in [9.17, 15) is 4.79 Å². The molecule has 0 spiro atoms. The summed E-state index contributed by atoms with van der Waals surface area (Å²) in [6.45, 7) is 2.19. The topological polar surface area (TPSA) is 17.1 Å². The first-order chi connectivity index (χ1) is 7.77. The van der Waals surface area contributed by atoms with Gasteiger partial charge in [0.25, 0.3) is 0 Å². The molecule has 0 amide bonds. The van der Waals surface area contributed by atoms with Crippen molar-refractivity contribution in [3.63, 3.8) is 0 Å². The molecule has 0 saturated heterocycles. The van der Waals surface area contributed by atoms with Crippen LogP contribution >= 0.6 is 11.8 Å². The Bertz CT molecular complexity index is 347. The van der Waals surface area contributed by atoms with Crippen LogP contribution in [0.3, 0.4) is 0 Å². The summed E-state index contributed by atoms with van der Waals surface area (Å²) in [5.41, 5.74) is 0. The fourth-order valence-electron chi connectivity index (χ4n) is 2.30. The molecule has 0 N–H and O–H groups in total. The minimum Gasteiger partial charge on any atom is -0.299 e. The zero-order valence-corrected chi connectivity index (χ0v) is 10.5. The van der Waals surface area contributed by atoms with Gasteiger partial charge in [0, 0.05) is 22.5 Å². The van der Waals surface area contributed by atoms with Gasteiger partial charge in [0.05, 0.1) is 0 Å². The van der Waals surface area contributed by atoms with E-state index in [1.54, 1.807) is 0 Å². The van der Waals surface area contributed by atoms with E-state index < -0.39 is 0 Å². The molecule has 1 aliphatic rings. The highest BCUT2D eigenvalue weighted by molar-refractivity contribution is 8.00. The smallest absolute Gasteiger partial charge is 0.137 e. The summed E-state index contributed by atoms with van der Waals surface area (Å²) in [5.74, 6) is 0.751. The number of Topliss-reactive ketones (excluding diaryl/α,β-unsaturated/α-hetero) is 1. The third-order valence-electron chi connectivity index (χ3n) is 3.23. The van der Waals surface area contributed by atoms with Crippen LogP contribution < -0.4 is 0 Å². The van der Waals surface area contributed by atoms with E-state index in [-0.39, 0.29) is 5.92 Å². The number of hydrogen-bond donors (Lipinski definition) is 0. The van der Waals surface area contributed by atoms with Gasteiger partial charge in [-0.15, -0.1) is 11.8 Å². The van der Waals surface area contributed by atoms with Crippen LogP contribution in [0.25, 0.3) is 0 Å². The van der Waals surface area contributed by atoms with Crippen LogP contribution in [0, 0.1) is 5.92 Å². The predicted octanol–water partition coefficient (Wildman–Crippen LogP) is 3.93. The zero-order valence-electron chi connectivity index (χ0n) is 9.69. The SMILES string of the molecule is CC(Sc1ccccc1)C1CCCCC1=O. The van der Waals surface area contributed by atoms with Gasteiger partial charge >= 0.3 is 0 Å². The van der Waals surface area contributed by atoms with Gasteiger partial charge in [-0.2, -0.15) is 0 Å². The summed E-state index contributed by atoms with van der Waals surface area (Å²) < 4.78 is 0.